The second-order valence-electron chi connectivity index (χ2n) is 6.89. The largest absolute Gasteiger partial charge is 0.507 e. The van der Waals surface area contributed by atoms with Gasteiger partial charge in [-0.05, 0) is 36.8 Å². The van der Waals surface area contributed by atoms with E-state index in [0.717, 1.165) is 6.42 Å². The van der Waals surface area contributed by atoms with Crippen LogP contribution in [0.2, 0.25) is 0 Å². The van der Waals surface area contributed by atoms with Crippen molar-refractivity contribution in [2.45, 2.75) is 25.8 Å². The Morgan fingerprint density at radius 2 is 1.83 bits per heavy atom. The summed E-state index contributed by atoms with van der Waals surface area (Å²) in [6.07, 6.45) is 1.39. The Hall–Kier alpha value is -3.68. The molecule has 1 N–H and O–H groups in total. The van der Waals surface area contributed by atoms with Crippen molar-refractivity contribution in [2.75, 3.05) is 13.7 Å². The summed E-state index contributed by atoms with van der Waals surface area (Å²) in [5, 5.41) is 22.5. The summed E-state index contributed by atoms with van der Waals surface area (Å²) in [4.78, 5) is 38.0. The molecule has 0 spiro atoms. The number of aliphatic hydroxyl groups excluding tert-OH is 1. The molecule has 156 valence electrons. The number of benzene rings is 2. The lowest BCUT2D eigenvalue weighted by atomic mass is 9.94. The van der Waals surface area contributed by atoms with Crippen LogP contribution in [0.25, 0.3) is 5.76 Å². The molecule has 8 nitrogen and oxygen atoms in total. The molecule has 1 atom stereocenters. The number of nitro benzene ring substituents is 1. The van der Waals surface area contributed by atoms with E-state index >= 15 is 0 Å². The van der Waals surface area contributed by atoms with E-state index in [1.807, 2.05) is 6.92 Å². The Kier molecular flexibility index (Phi) is 6.15. The lowest BCUT2D eigenvalue weighted by molar-refractivity contribution is -0.385. The number of nitrogens with zero attached hydrogens (tertiary/aromatic N) is 2. The van der Waals surface area contributed by atoms with E-state index in [-0.39, 0.29) is 29.1 Å². The summed E-state index contributed by atoms with van der Waals surface area (Å²) in [7, 11) is 1.50. The van der Waals surface area contributed by atoms with Crippen molar-refractivity contribution < 1.29 is 24.4 Å². The number of carbonyl (C=O) groups excluding carboxylic acids is 2. The topological polar surface area (TPSA) is 110 Å². The van der Waals surface area contributed by atoms with Gasteiger partial charge in [0.1, 0.15) is 11.5 Å². The number of ketones is 1. The average Bonchev–Trinajstić information content (AvgIpc) is 3.01. The van der Waals surface area contributed by atoms with Crippen molar-refractivity contribution in [3.05, 3.63) is 75.3 Å². The van der Waals surface area contributed by atoms with Gasteiger partial charge in [-0.2, -0.15) is 0 Å². The predicted octanol–water partition coefficient (Wildman–Crippen LogP) is 3.83. The maximum Gasteiger partial charge on any atom is 0.295 e. The molecule has 0 radical (unpaired) electrons. The molecule has 1 amide bonds. The number of ether oxygens (including phenoxy) is 1. The van der Waals surface area contributed by atoms with Gasteiger partial charge in [0.2, 0.25) is 0 Å². The summed E-state index contributed by atoms with van der Waals surface area (Å²) in [5.74, 6) is -1.45. The zero-order chi connectivity index (χ0) is 21.8. The van der Waals surface area contributed by atoms with Gasteiger partial charge in [-0.25, -0.2) is 0 Å². The minimum Gasteiger partial charge on any atom is -0.507 e. The first-order valence-electron chi connectivity index (χ1n) is 9.56. The lowest BCUT2D eigenvalue weighted by Crippen LogP contribution is -2.30. The van der Waals surface area contributed by atoms with Gasteiger partial charge in [0.05, 0.1) is 29.2 Å². The van der Waals surface area contributed by atoms with Crippen molar-refractivity contribution in [2.24, 2.45) is 0 Å². The van der Waals surface area contributed by atoms with Gasteiger partial charge in [-0.1, -0.05) is 25.5 Å². The molecule has 0 saturated carbocycles. The molecule has 1 aliphatic rings. The third-order valence-corrected chi connectivity index (χ3v) is 5.08. The first kappa shape index (κ1) is 21.0. The lowest BCUT2D eigenvalue weighted by Gasteiger charge is -2.25. The van der Waals surface area contributed by atoms with Crippen LogP contribution in [0.1, 0.15) is 36.9 Å². The van der Waals surface area contributed by atoms with Gasteiger partial charge in [-0.15, -0.1) is 0 Å². The molecule has 1 aliphatic heterocycles. The highest BCUT2D eigenvalue weighted by atomic mass is 16.6. The standard InChI is InChI=1S/C22H22N2O6/c1-3-4-13-23-19(16-7-5-6-8-17(16)24(28)29)18(21(26)22(23)27)20(25)14-9-11-15(30-2)12-10-14/h5-12,19,25H,3-4,13H2,1-2H3/b20-18-. The van der Waals surface area contributed by atoms with Crippen LogP contribution in [0.5, 0.6) is 5.75 Å². The normalized spacial score (nSPS) is 17.9. The molecule has 1 saturated heterocycles. The minimum absolute atomic E-state index is 0.157. The smallest absolute Gasteiger partial charge is 0.295 e. The van der Waals surface area contributed by atoms with Gasteiger partial charge in [0.25, 0.3) is 17.4 Å². The molecule has 1 unspecified atom stereocenters. The van der Waals surface area contributed by atoms with Crippen LogP contribution in [-0.2, 0) is 9.59 Å². The second-order valence-corrected chi connectivity index (χ2v) is 6.89. The van der Waals surface area contributed by atoms with Crippen LogP contribution in [0, 0.1) is 10.1 Å². The van der Waals surface area contributed by atoms with E-state index in [9.17, 15) is 24.8 Å². The van der Waals surface area contributed by atoms with Gasteiger partial charge < -0.3 is 14.7 Å². The second kappa shape index (κ2) is 8.77. The summed E-state index contributed by atoms with van der Waals surface area (Å²) in [6.45, 7) is 2.19. The van der Waals surface area contributed by atoms with Crippen LogP contribution in [0.4, 0.5) is 5.69 Å². The van der Waals surface area contributed by atoms with Crippen molar-refractivity contribution >= 4 is 23.1 Å². The maximum absolute atomic E-state index is 12.9. The van der Waals surface area contributed by atoms with E-state index in [1.54, 1.807) is 30.3 Å². The van der Waals surface area contributed by atoms with Crippen LogP contribution in [0.3, 0.4) is 0 Å². The molecule has 1 heterocycles. The highest BCUT2D eigenvalue weighted by molar-refractivity contribution is 6.46. The van der Waals surface area contributed by atoms with E-state index in [1.165, 1.54) is 30.2 Å². The number of Topliss-reactive ketones (excluding diaryl/α,β-unsaturated/α-hetero) is 1. The summed E-state index contributed by atoms with van der Waals surface area (Å²) in [6, 6.07) is 11.3. The number of para-hydroxylation sites is 1. The highest BCUT2D eigenvalue weighted by Crippen LogP contribution is 2.42. The Morgan fingerprint density at radius 1 is 1.17 bits per heavy atom. The number of unbranched alkanes of at least 4 members (excludes halogenated alkanes) is 1. The molecule has 1 fully saturated rings. The molecule has 2 aromatic rings. The van der Waals surface area contributed by atoms with Crippen molar-refractivity contribution in [3.63, 3.8) is 0 Å². The Bertz CT molecular complexity index is 1010. The third kappa shape index (κ3) is 3.76. The molecule has 0 aliphatic carbocycles. The van der Waals surface area contributed by atoms with Gasteiger partial charge >= 0.3 is 0 Å². The third-order valence-electron chi connectivity index (χ3n) is 5.08. The molecule has 0 aromatic heterocycles. The highest BCUT2D eigenvalue weighted by Gasteiger charge is 2.47. The maximum atomic E-state index is 12.9. The monoisotopic (exact) mass is 410 g/mol. The fourth-order valence-electron chi connectivity index (χ4n) is 3.55. The van der Waals surface area contributed by atoms with Crippen molar-refractivity contribution in [1.82, 2.24) is 4.90 Å². The number of aliphatic hydroxyl groups is 1. The Labute approximate surface area is 173 Å². The number of nitro groups is 1. The van der Waals surface area contributed by atoms with Crippen LogP contribution in [-0.4, -0.2) is 40.3 Å². The molecular formula is C22H22N2O6. The van der Waals surface area contributed by atoms with Crippen LogP contribution >= 0.6 is 0 Å². The van der Waals surface area contributed by atoms with Gasteiger partial charge in [0.15, 0.2) is 0 Å². The van der Waals surface area contributed by atoms with Gasteiger partial charge in [-0.3, -0.25) is 19.7 Å². The summed E-state index contributed by atoms with van der Waals surface area (Å²) >= 11 is 0. The summed E-state index contributed by atoms with van der Waals surface area (Å²) < 4.78 is 5.10. The van der Waals surface area contributed by atoms with E-state index in [2.05, 4.69) is 0 Å². The van der Waals surface area contributed by atoms with Gasteiger partial charge in [0, 0.05) is 18.2 Å². The number of amides is 1. The molecule has 0 bridgehead atoms. The molecule has 30 heavy (non-hydrogen) atoms. The molecule has 3 rings (SSSR count). The fourth-order valence-corrected chi connectivity index (χ4v) is 3.55. The zero-order valence-corrected chi connectivity index (χ0v) is 16.7. The first-order valence-corrected chi connectivity index (χ1v) is 9.56. The van der Waals surface area contributed by atoms with E-state index < -0.39 is 22.7 Å². The SMILES string of the molecule is CCCCN1C(=O)C(=O)/C(=C(\O)c2ccc(OC)cc2)C1c1ccccc1[N+](=O)[O-]. The number of methoxy groups -OCH3 is 1. The Morgan fingerprint density at radius 3 is 2.43 bits per heavy atom. The van der Waals surface area contributed by atoms with Crippen molar-refractivity contribution in [1.29, 1.82) is 0 Å². The summed E-state index contributed by atoms with van der Waals surface area (Å²) in [5.41, 5.74) is 0.128. The zero-order valence-electron chi connectivity index (χ0n) is 16.7. The predicted molar refractivity (Wildman–Crippen MR) is 110 cm³/mol. The van der Waals surface area contributed by atoms with Crippen molar-refractivity contribution in [3.8, 4) is 5.75 Å². The molecule has 8 heteroatoms. The quantitative estimate of drug-likeness (QED) is 0.244. The average molecular weight is 410 g/mol. The minimum atomic E-state index is -1.04. The number of rotatable bonds is 7. The first-order chi connectivity index (χ1) is 14.4. The van der Waals surface area contributed by atoms with Crippen LogP contribution < -0.4 is 4.74 Å². The van der Waals surface area contributed by atoms with Crippen LogP contribution in [0.15, 0.2) is 54.1 Å². The number of likely N-dealkylation sites (tertiary alicyclic amines) is 1. The Balaban J connectivity index is 2.21. The number of hydrogen-bond acceptors (Lipinski definition) is 6. The number of carbonyl (C=O) groups is 2. The molecular weight excluding hydrogens is 388 g/mol. The van der Waals surface area contributed by atoms with E-state index in [4.69, 9.17) is 4.74 Å². The van der Waals surface area contributed by atoms with E-state index in [0.29, 0.717) is 17.7 Å². The number of hydrogen-bond donors (Lipinski definition) is 1. The fraction of sp³-hybridized carbons (Fsp3) is 0.273. The molecule has 2 aromatic carbocycles.